The molecule has 1 N–H and O–H groups in total. The van der Waals surface area contributed by atoms with Gasteiger partial charge in [0.05, 0.1) is 13.2 Å². The second kappa shape index (κ2) is 7.72. The maximum Gasteiger partial charge on any atom is 0.242 e. The van der Waals surface area contributed by atoms with Crippen LogP contribution in [0.25, 0.3) is 0 Å². The lowest BCUT2D eigenvalue weighted by atomic mass is 10.1. The number of nitrogens with zero attached hydrogens (tertiary/aromatic N) is 2. The third-order valence-electron chi connectivity index (χ3n) is 4.56. The quantitative estimate of drug-likeness (QED) is 0.876. The molecule has 1 saturated heterocycles. The van der Waals surface area contributed by atoms with Crippen molar-refractivity contribution in [1.82, 2.24) is 15.2 Å². The SMILES string of the molecule is O=C(NCc1ccc2c(c1)OCO2)[C@H](c1cccnc1)N1CCOCC1. The summed E-state index contributed by atoms with van der Waals surface area (Å²) in [5.74, 6) is 1.41. The van der Waals surface area contributed by atoms with Crippen LogP contribution in [0.5, 0.6) is 11.5 Å². The van der Waals surface area contributed by atoms with Crippen molar-refractivity contribution in [2.24, 2.45) is 0 Å². The zero-order valence-corrected chi connectivity index (χ0v) is 14.4. The third kappa shape index (κ3) is 3.63. The van der Waals surface area contributed by atoms with Crippen molar-refractivity contribution >= 4 is 5.91 Å². The Balaban J connectivity index is 1.47. The Bertz CT molecular complexity index is 763. The van der Waals surface area contributed by atoms with Gasteiger partial charge in [0, 0.05) is 32.0 Å². The normalized spacial score (nSPS) is 17.7. The van der Waals surface area contributed by atoms with Gasteiger partial charge in [0.2, 0.25) is 12.7 Å². The predicted octanol–water partition coefficient (Wildman–Crippen LogP) is 1.50. The lowest BCUT2D eigenvalue weighted by molar-refractivity contribution is -0.128. The number of hydrogen-bond donors (Lipinski definition) is 1. The van der Waals surface area contributed by atoms with Crippen LogP contribution in [0.15, 0.2) is 42.7 Å². The van der Waals surface area contributed by atoms with Crippen molar-refractivity contribution in [1.29, 1.82) is 0 Å². The molecule has 0 bridgehead atoms. The molecule has 1 aromatic heterocycles. The number of benzene rings is 1. The zero-order chi connectivity index (χ0) is 17.8. The van der Waals surface area contributed by atoms with Gasteiger partial charge in [-0.1, -0.05) is 12.1 Å². The molecule has 7 heteroatoms. The standard InChI is InChI=1S/C19H21N3O4/c23-19(21-11-14-3-4-16-17(10-14)26-13-25-16)18(15-2-1-5-20-12-15)22-6-8-24-9-7-22/h1-5,10,12,18H,6-9,11,13H2,(H,21,23)/t18-/m0/s1. The minimum atomic E-state index is -0.374. The van der Waals surface area contributed by atoms with Gasteiger partial charge in [-0.05, 0) is 29.3 Å². The molecule has 1 atom stereocenters. The van der Waals surface area contributed by atoms with Gasteiger partial charge in [-0.3, -0.25) is 14.7 Å². The van der Waals surface area contributed by atoms with Gasteiger partial charge < -0.3 is 19.5 Å². The van der Waals surface area contributed by atoms with Gasteiger partial charge in [-0.2, -0.15) is 0 Å². The van der Waals surface area contributed by atoms with E-state index >= 15 is 0 Å². The Hall–Kier alpha value is -2.64. The van der Waals surface area contributed by atoms with Crippen LogP contribution in [0.3, 0.4) is 0 Å². The molecular weight excluding hydrogens is 334 g/mol. The van der Waals surface area contributed by atoms with Crippen LogP contribution in [0.4, 0.5) is 0 Å². The number of rotatable bonds is 5. The summed E-state index contributed by atoms with van der Waals surface area (Å²) in [5.41, 5.74) is 1.85. The number of hydrogen-bond acceptors (Lipinski definition) is 6. The van der Waals surface area contributed by atoms with E-state index in [-0.39, 0.29) is 18.7 Å². The number of nitrogens with one attached hydrogen (secondary N) is 1. The topological polar surface area (TPSA) is 72.9 Å². The molecule has 0 unspecified atom stereocenters. The van der Waals surface area contributed by atoms with Gasteiger partial charge in [-0.25, -0.2) is 0 Å². The molecule has 0 spiro atoms. The van der Waals surface area contributed by atoms with E-state index in [0.29, 0.717) is 25.5 Å². The van der Waals surface area contributed by atoms with Crippen LogP contribution in [-0.2, 0) is 16.1 Å². The van der Waals surface area contributed by atoms with E-state index in [1.807, 2.05) is 30.3 Å². The molecule has 3 heterocycles. The lowest BCUT2D eigenvalue weighted by Gasteiger charge is -2.33. The zero-order valence-electron chi connectivity index (χ0n) is 14.4. The summed E-state index contributed by atoms with van der Waals surface area (Å²) in [7, 11) is 0. The number of amides is 1. The molecular formula is C19H21N3O4. The fraction of sp³-hybridized carbons (Fsp3) is 0.368. The van der Waals surface area contributed by atoms with Crippen molar-refractivity contribution in [3.8, 4) is 11.5 Å². The number of carbonyl (C=O) groups is 1. The van der Waals surface area contributed by atoms with E-state index < -0.39 is 0 Å². The van der Waals surface area contributed by atoms with Gasteiger partial charge in [0.15, 0.2) is 11.5 Å². The van der Waals surface area contributed by atoms with Crippen molar-refractivity contribution in [3.05, 3.63) is 53.9 Å². The summed E-state index contributed by atoms with van der Waals surface area (Å²) in [4.78, 5) is 19.3. The van der Waals surface area contributed by atoms with Crippen LogP contribution >= 0.6 is 0 Å². The molecule has 1 amide bonds. The van der Waals surface area contributed by atoms with Gasteiger partial charge in [0.1, 0.15) is 6.04 Å². The first kappa shape index (κ1) is 16.8. The van der Waals surface area contributed by atoms with Crippen LogP contribution in [0.1, 0.15) is 17.2 Å². The molecule has 136 valence electrons. The van der Waals surface area contributed by atoms with Gasteiger partial charge >= 0.3 is 0 Å². The first-order chi connectivity index (χ1) is 12.8. The van der Waals surface area contributed by atoms with Crippen LogP contribution in [-0.4, -0.2) is 48.9 Å². The third-order valence-corrected chi connectivity index (χ3v) is 4.56. The minimum absolute atomic E-state index is 0.0439. The summed E-state index contributed by atoms with van der Waals surface area (Å²) < 4.78 is 16.1. The Morgan fingerprint density at radius 2 is 2.04 bits per heavy atom. The molecule has 1 aromatic carbocycles. The van der Waals surface area contributed by atoms with E-state index in [2.05, 4.69) is 15.2 Å². The van der Waals surface area contributed by atoms with E-state index in [1.54, 1.807) is 12.4 Å². The Kier molecular flexibility index (Phi) is 4.99. The first-order valence-electron chi connectivity index (χ1n) is 8.69. The number of aromatic nitrogens is 1. The number of pyridine rings is 1. The first-order valence-corrected chi connectivity index (χ1v) is 8.69. The molecule has 1 fully saturated rings. The maximum absolute atomic E-state index is 13.0. The Morgan fingerprint density at radius 3 is 2.85 bits per heavy atom. The highest BCUT2D eigenvalue weighted by Gasteiger charge is 2.29. The molecule has 2 aliphatic rings. The number of fused-ring (bicyclic) bond motifs is 1. The van der Waals surface area contributed by atoms with E-state index in [4.69, 9.17) is 14.2 Å². The maximum atomic E-state index is 13.0. The molecule has 2 aromatic rings. The fourth-order valence-electron chi connectivity index (χ4n) is 3.24. The van der Waals surface area contributed by atoms with Crippen LogP contribution < -0.4 is 14.8 Å². The minimum Gasteiger partial charge on any atom is -0.454 e. The smallest absolute Gasteiger partial charge is 0.242 e. The second-order valence-electron chi connectivity index (χ2n) is 6.24. The number of morpholine rings is 1. The van der Waals surface area contributed by atoms with Gasteiger partial charge in [0.25, 0.3) is 0 Å². The molecule has 7 nitrogen and oxygen atoms in total. The highest BCUT2D eigenvalue weighted by Crippen LogP contribution is 2.32. The summed E-state index contributed by atoms with van der Waals surface area (Å²) >= 11 is 0. The van der Waals surface area contributed by atoms with Gasteiger partial charge in [-0.15, -0.1) is 0 Å². The second-order valence-corrected chi connectivity index (χ2v) is 6.24. The molecule has 0 radical (unpaired) electrons. The lowest BCUT2D eigenvalue weighted by Crippen LogP contribution is -2.45. The molecule has 0 aliphatic carbocycles. The molecule has 4 rings (SSSR count). The molecule has 26 heavy (non-hydrogen) atoms. The summed E-state index contributed by atoms with van der Waals surface area (Å²) in [6.07, 6.45) is 3.46. The van der Waals surface area contributed by atoms with E-state index in [9.17, 15) is 4.79 Å². The number of carbonyl (C=O) groups excluding carboxylic acids is 1. The number of ether oxygens (including phenoxy) is 3. The average Bonchev–Trinajstić information content (AvgIpc) is 3.16. The Labute approximate surface area is 151 Å². The Morgan fingerprint density at radius 1 is 1.19 bits per heavy atom. The highest BCUT2D eigenvalue weighted by atomic mass is 16.7. The highest BCUT2D eigenvalue weighted by molar-refractivity contribution is 5.83. The van der Waals surface area contributed by atoms with Crippen molar-refractivity contribution in [3.63, 3.8) is 0 Å². The molecule has 2 aliphatic heterocycles. The largest absolute Gasteiger partial charge is 0.454 e. The monoisotopic (exact) mass is 355 g/mol. The van der Waals surface area contributed by atoms with Crippen LogP contribution in [0.2, 0.25) is 0 Å². The summed E-state index contributed by atoms with van der Waals surface area (Å²) in [5, 5.41) is 3.04. The fourth-order valence-corrected chi connectivity index (χ4v) is 3.24. The summed E-state index contributed by atoms with van der Waals surface area (Å²) in [6, 6.07) is 9.12. The van der Waals surface area contributed by atoms with Crippen molar-refractivity contribution in [2.75, 3.05) is 33.1 Å². The van der Waals surface area contributed by atoms with Crippen molar-refractivity contribution in [2.45, 2.75) is 12.6 Å². The molecule has 0 saturated carbocycles. The average molecular weight is 355 g/mol. The predicted molar refractivity (Wildman–Crippen MR) is 93.8 cm³/mol. The van der Waals surface area contributed by atoms with Crippen LogP contribution in [0, 0.1) is 0 Å². The summed E-state index contributed by atoms with van der Waals surface area (Å²) in [6.45, 7) is 3.37. The van der Waals surface area contributed by atoms with E-state index in [0.717, 1.165) is 30.0 Å². The van der Waals surface area contributed by atoms with E-state index in [1.165, 1.54) is 0 Å². The van der Waals surface area contributed by atoms with Crippen molar-refractivity contribution < 1.29 is 19.0 Å².